The average Bonchev–Trinajstić information content (AvgIpc) is 2.27. The van der Waals surface area contributed by atoms with Gasteiger partial charge in [-0.2, -0.15) is 0 Å². The monoisotopic (exact) mass is 1130 g/mol. The number of benzene rings is 10. The molecule has 4 aliphatic heterocycles. The first-order valence-corrected chi connectivity index (χ1v) is 32.8. The van der Waals surface area contributed by atoms with Crippen LogP contribution in [0.2, 0.25) is 0 Å². The van der Waals surface area contributed by atoms with E-state index < -0.39 is 0 Å². The van der Waals surface area contributed by atoms with Gasteiger partial charge in [-0.25, -0.2) is 0 Å². The van der Waals surface area contributed by atoms with E-state index in [4.69, 9.17) is 0 Å². The molecule has 12 aromatic rings. The van der Waals surface area contributed by atoms with Crippen LogP contribution in [0.5, 0.6) is 0 Å². The molecule has 0 spiro atoms. The van der Waals surface area contributed by atoms with E-state index in [1.165, 1.54) is 186 Å². The predicted octanol–water partition coefficient (Wildman–Crippen LogP) is 20.3. The van der Waals surface area contributed by atoms with Crippen LogP contribution in [0.15, 0.2) is 200 Å². The molecule has 4 atom stereocenters. The van der Waals surface area contributed by atoms with E-state index in [9.17, 15) is 0 Å². The Morgan fingerprint density at radius 2 is 0.941 bits per heavy atom. The van der Waals surface area contributed by atoms with Crippen LogP contribution in [0, 0.1) is 13.8 Å². The lowest BCUT2D eigenvalue weighted by molar-refractivity contribution is 0.194. The van der Waals surface area contributed by atoms with Gasteiger partial charge < -0.3 is 19.6 Å². The van der Waals surface area contributed by atoms with Gasteiger partial charge in [0.1, 0.15) is 0 Å². The summed E-state index contributed by atoms with van der Waals surface area (Å²) in [5.74, 6) is 0. The highest BCUT2D eigenvalue weighted by Gasteiger charge is 2.60. The highest BCUT2D eigenvalue weighted by Crippen LogP contribution is 2.65. The van der Waals surface area contributed by atoms with E-state index >= 15 is 0 Å². The summed E-state index contributed by atoms with van der Waals surface area (Å²) in [6.45, 7) is 15.0. The number of hydrogen-bond acceptors (Lipinski definition) is 6. The minimum absolute atomic E-state index is 0.0137. The Morgan fingerprint density at radius 3 is 1.64 bits per heavy atom. The first kappa shape index (κ1) is 50.2. The van der Waals surface area contributed by atoms with Gasteiger partial charge in [-0.1, -0.05) is 173 Å². The third kappa shape index (κ3) is 6.59. The molecule has 414 valence electrons. The molecule has 4 unspecified atom stereocenters. The van der Waals surface area contributed by atoms with Crippen LogP contribution in [-0.4, -0.2) is 17.8 Å². The summed E-state index contributed by atoms with van der Waals surface area (Å²) in [6, 6.07) is 78.3. The molecule has 0 amide bonds. The normalized spacial score (nSPS) is 22.6. The molecular formula is C78H67BN4S2. The van der Waals surface area contributed by atoms with Gasteiger partial charge in [-0.15, -0.1) is 22.7 Å². The molecule has 0 saturated heterocycles. The van der Waals surface area contributed by atoms with Crippen molar-refractivity contribution in [1.82, 2.24) is 0 Å². The SMILES string of the molecule is Cc1cc(C)c2c(c1)N(c1cc3c4c(c1)N(c1cccc5c1sc1ccccc15)c1cc(N5c6ccccc6C6(C)CCCCC56C)ccc1B4c1cc(-c4ccccc4)ccc1N3c1cccc3c1sc1ccccc13)C1(C)CCCCC21C. The lowest BCUT2D eigenvalue weighted by atomic mass is 9.33. The Bertz CT molecular complexity index is 4850. The quantitative estimate of drug-likeness (QED) is 0.159. The van der Waals surface area contributed by atoms with Crippen LogP contribution in [0.1, 0.15) is 101 Å². The van der Waals surface area contributed by atoms with Gasteiger partial charge in [0.2, 0.25) is 0 Å². The second kappa shape index (κ2) is 17.7. The lowest BCUT2D eigenvalue weighted by Gasteiger charge is -2.51. The molecule has 2 aliphatic carbocycles. The van der Waals surface area contributed by atoms with Gasteiger partial charge in [0.15, 0.2) is 0 Å². The molecule has 0 bridgehead atoms. The zero-order valence-electron chi connectivity index (χ0n) is 49.4. The number of rotatable bonds is 5. The maximum atomic E-state index is 2.87. The second-order valence-electron chi connectivity index (χ2n) is 26.7. The number of aryl methyl sites for hydroxylation is 2. The molecule has 7 heteroatoms. The van der Waals surface area contributed by atoms with E-state index in [2.05, 4.69) is 261 Å². The van der Waals surface area contributed by atoms with Gasteiger partial charge in [0.05, 0.1) is 31.9 Å². The molecule has 2 saturated carbocycles. The number of fused-ring (bicyclic) bond motifs is 16. The Kier molecular flexibility index (Phi) is 10.5. The number of hydrogen-bond donors (Lipinski definition) is 0. The third-order valence-electron chi connectivity index (χ3n) is 22.4. The molecule has 0 N–H and O–H groups in total. The van der Waals surface area contributed by atoms with Crippen molar-refractivity contribution in [3.63, 3.8) is 0 Å². The summed E-state index contributed by atoms with van der Waals surface area (Å²) in [5.41, 5.74) is 24.7. The summed E-state index contributed by atoms with van der Waals surface area (Å²) in [6.07, 6.45) is 9.55. The zero-order valence-corrected chi connectivity index (χ0v) is 51.0. The van der Waals surface area contributed by atoms with E-state index in [-0.39, 0.29) is 28.6 Å². The van der Waals surface area contributed by atoms with Crippen LogP contribution in [0.4, 0.5) is 56.9 Å². The van der Waals surface area contributed by atoms with Gasteiger partial charge >= 0.3 is 0 Å². The molecule has 18 rings (SSSR count). The van der Waals surface area contributed by atoms with Crippen molar-refractivity contribution in [3.05, 3.63) is 222 Å². The van der Waals surface area contributed by atoms with Crippen molar-refractivity contribution < 1.29 is 0 Å². The third-order valence-corrected chi connectivity index (χ3v) is 24.9. The topological polar surface area (TPSA) is 13.0 Å². The van der Waals surface area contributed by atoms with Crippen LogP contribution in [0.3, 0.4) is 0 Å². The van der Waals surface area contributed by atoms with Crippen LogP contribution in [0.25, 0.3) is 51.5 Å². The van der Waals surface area contributed by atoms with Crippen molar-refractivity contribution in [1.29, 1.82) is 0 Å². The van der Waals surface area contributed by atoms with Crippen molar-refractivity contribution in [2.24, 2.45) is 0 Å². The first-order chi connectivity index (χ1) is 41.5. The number of anilines is 10. The molecular weight excluding hydrogens is 1070 g/mol. The molecule has 6 heterocycles. The summed E-state index contributed by atoms with van der Waals surface area (Å²) in [4.78, 5) is 11.1. The van der Waals surface area contributed by atoms with E-state index in [1.54, 1.807) is 0 Å². The van der Waals surface area contributed by atoms with Crippen LogP contribution >= 0.6 is 22.7 Å². The van der Waals surface area contributed by atoms with Gasteiger partial charge in [-0.3, -0.25) is 0 Å². The van der Waals surface area contributed by atoms with Crippen molar-refractivity contribution >= 4 is 143 Å². The number of thiophene rings is 2. The summed E-state index contributed by atoms with van der Waals surface area (Å²) in [5, 5.41) is 5.24. The van der Waals surface area contributed by atoms with Crippen molar-refractivity contribution in [2.45, 2.75) is 115 Å². The van der Waals surface area contributed by atoms with Crippen molar-refractivity contribution in [2.75, 3.05) is 19.6 Å². The Balaban J connectivity index is 0.994. The maximum absolute atomic E-state index is 2.87. The molecule has 85 heavy (non-hydrogen) atoms. The fraction of sp³-hybridized carbons (Fsp3) is 0.231. The first-order valence-electron chi connectivity index (χ1n) is 31.2. The van der Waals surface area contributed by atoms with Crippen LogP contribution < -0.4 is 36.0 Å². The molecule has 10 aromatic carbocycles. The number of nitrogens with zero attached hydrogens (tertiary/aromatic N) is 4. The Hall–Kier alpha value is -8.10. The van der Waals surface area contributed by atoms with Gasteiger partial charge in [0.25, 0.3) is 6.71 Å². The standard InChI is InChI=1S/C78H67BN4S2/c1-48-42-49(2)71-66(43-48)83(78(6)41-19-17-39-76(71,78)4)53-46-67-72-68(47-53)81(64-31-21-27-57-55-25-11-15-33-70(55)85-74(57)64)65-45-52(82-61-29-13-12-28-58(61)75(3)38-16-18-40-77(75,82)5)35-36-59(65)79(72)60-44-51(50-22-8-7-9-23-50)34-37-62(60)80(67)63-30-20-26-56-54-24-10-14-32-69(54)84-73(56)63/h7-15,20-37,42-47H,16-19,38-41H2,1-6H3. The largest absolute Gasteiger partial charge is 0.334 e. The minimum Gasteiger partial charge on any atom is -0.334 e. The van der Waals surface area contributed by atoms with Gasteiger partial charge in [-0.05, 0) is 170 Å². The molecule has 4 nitrogen and oxygen atoms in total. The van der Waals surface area contributed by atoms with E-state index in [0.29, 0.717) is 0 Å². The number of para-hydroxylation sites is 1. The van der Waals surface area contributed by atoms with Gasteiger partial charge in [0, 0.05) is 87.3 Å². The van der Waals surface area contributed by atoms with E-state index in [1.807, 2.05) is 22.7 Å². The predicted molar refractivity (Wildman–Crippen MR) is 367 cm³/mol. The summed E-state index contributed by atoms with van der Waals surface area (Å²) >= 11 is 3.88. The Morgan fingerprint density at radius 1 is 0.388 bits per heavy atom. The van der Waals surface area contributed by atoms with E-state index in [0.717, 1.165) is 12.8 Å². The molecule has 2 aromatic heterocycles. The summed E-state index contributed by atoms with van der Waals surface area (Å²) < 4.78 is 5.26. The minimum atomic E-state index is -0.179. The zero-order chi connectivity index (χ0) is 56.9. The molecule has 0 radical (unpaired) electrons. The molecule has 2 fully saturated rings. The smallest absolute Gasteiger partial charge is 0.252 e. The highest BCUT2D eigenvalue weighted by molar-refractivity contribution is 7.27. The Labute approximate surface area is 507 Å². The van der Waals surface area contributed by atoms with Crippen molar-refractivity contribution in [3.8, 4) is 11.1 Å². The molecule has 6 aliphatic rings. The average molecular weight is 1140 g/mol. The lowest BCUT2D eigenvalue weighted by Crippen LogP contribution is -2.61. The fourth-order valence-corrected chi connectivity index (χ4v) is 20.7. The highest BCUT2D eigenvalue weighted by atomic mass is 32.1. The summed E-state index contributed by atoms with van der Waals surface area (Å²) in [7, 11) is 0. The fourth-order valence-electron chi connectivity index (χ4n) is 18.3. The second-order valence-corrected chi connectivity index (χ2v) is 28.8. The maximum Gasteiger partial charge on any atom is 0.252 e. The van der Waals surface area contributed by atoms with Crippen LogP contribution in [-0.2, 0) is 10.8 Å².